The van der Waals surface area contributed by atoms with Crippen LogP contribution in [0.15, 0.2) is 24.4 Å². The number of nitrogens with one attached hydrogen (secondary N) is 2. The number of halogens is 1. The van der Waals surface area contributed by atoms with Gasteiger partial charge in [-0.15, -0.1) is 0 Å². The van der Waals surface area contributed by atoms with Crippen molar-refractivity contribution < 1.29 is 9.53 Å². The highest BCUT2D eigenvalue weighted by Crippen LogP contribution is 2.35. The first-order valence-corrected chi connectivity index (χ1v) is 10.8. The van der Waals surface area contributed by atoms with Gasteiger partial charge in [0.1, 0.15) is 16.6 Å². The number of amides is 1. The first kappa shape index (κ1) is 21.4. The minimum absolute atomic E-state index is 0.231. The summed E-state index contributed by atoms with van der Waals surface area (Å²) in [4.78, 5) is 19.2. The maximum atomic E-state index is 12.9. The summed E-state index contributed by atoms with van der Waals surface area (Å²) < 4.78 is 7.39. The number of nitrogens with zero attached hydrogens (tertiary/aromatic N) is 4. The second-order valence-electron chi connectivity index (χ2n) is 7.91. The van der Waals surface area contributed by atoms with Crippen LogP contribution < -0.4 is 15.4 Å². The largest absolute Gasteiger partial charge is 0.494 e. The zero-order valence-electron chi connectivity index (χ0n) is 18.0. The fraction of sp³-hybridized carbons (Fsp3) is 0.409. The van der Waals surface area contributed by atoms with E-state index in [1.807, 2.05) is 20.2 Å². The number of benzene rings is 1. The van der Waals surface area contributed by atoms with Gasteiger partial charge in [-0.3, -0.25) is 4.79 Å². The highest BCUT2D eigenvalue weighted by atomic mass is 35.5. The molecule has 1 aliphatic heterocycles. The van der Waals surface area contributed by atoms with E-state index < -0.39 is 0 Å². The molecule has 0 saturated heterocycles. The molecular weight excluding hydrogens is 416 g/mol. The third-order valence-electron chi connectivity index (χ3n) is 5.39. The number of carbonyl (C=O) groups is 1. The number of aryl methyl sites for hydroxylation is 1. The van der Waals surface area contributed by atoms with Gasteiger partial charge >= 0.3 is 0 Å². The maximum Gasteiger partial charge on any atom is 0.272 e. The minimum atomic E-state index is -0.231. The van der Waals surface area contributed by atoms with Crippen molar-refractivity contribution in [3.63, 3.8) is 0 Å². The van der Waals surface area contributed by atoms with Crippen molar-refractivity contribution >= 4 is 34.1 Å². The Morgan fingerprint density at radius 3 is 2.97 bits per heavy atom. The molecule has 1 amide bonds. The molecule has 9 heteroatoms. The van der Waals surface area contributed by atoms with E-state index in [0.29, 0.717) is 34.0 Å². The highest BCUT2D eigenvalue weighted by molar-refractivity contribution is 6.30. The molecule has 0 fully saturated rings. The zero-order valence-corrected chi connectivity index (χ0v) is 18.8. The van der Waals surface area contributed by atoms with E-state index in [2.05, 4.69) is 31.7 Å². The summed E-state index contributed by atoms with van der Waals surface area (Å²) in [7, 11) is 5.65. The minimum Gasteiger partial charge on any atom is -0.494 e. The third-order valence-corrected chi connectivity index (χ3v) is 5.59. The van der Waals surface area contributed by atoms with Crippen LogP contribution in [0.5, 0.6) is 5.75 Å². The first-order valence-electron chi connectivity index (χ1n) is 10.4. The van der Waals surface area contributed by atoms with Gasteiger partial charge in [0, 0.05) is 37.1 Å². The molecule has 2 N–H and O–H groups in total. The molecule has 0 radical (unpaired) electrons. The predicted octanol–water partition coefficient (Wildman–Crippen LogP) is 3.12. The summed E-state index contributed by atoms with van der Waals surface area (Å²) >= 11 is 6.19. The quantitative estimate of drug-likeness (QED) is 0.432. The van der Waals surface area contributed by atoms with Crippen molar-refractivity contribution in [2.45, 2.75) is 19.3 Å². The van der Waals surface area contributed by atoms with Crippen LogP contribution in [-0.2, 0) is 6.42 Å². The summed E-state index contributed by atoms with van der Waals surface area (Å²) in [5.41, 5.74) is 4.06. The molecule has 31 heavy (non-hydrogen) atoms. The van der Waals surface area contributed by atoms with Gasteiger partial charge in [0.2, 0.25) is 0 Å². The van der Waals surface area contributed by atoms with Gasteiger partial charge in [-0.05, 0) is 51.5 Å². The number of ether oxygens (including phenoxy) is 1. The topological polar surface area (TPSA) is 84.3 Å². The highest BCUT2D eigenvalue weighted by Gasteiger charge is 2.22. The second-order valence-corrected chi connectivity index (χ2v) is 8.30. The Kier molecular flexibility index (Phi) is 6.29. The van der Waals surface area contributed by atoms with Gasteiger partial charge in [0.15, 0.2) is 5.69 Å². The monoisotopic (exact) mass is 442 g/mol. The second kappa shape index (κ2) is 9.11. The van der Waals surface area contributed by atoms with Crippen LogP contribution in [0.4, 0.5) is 5.69 Å². The fourth-order valence-electron chi connectivity index (χ4n) is 3.83. The molecule has 0 bridgehead atoms. The molecule has 0 aliphatic carbocycles. The number of hydrogen-bond acceptors (Lipinski definition) is 6. The van der Waals surface area contributed by atoms with Crippen molar-refractivity contribution in [2.24, 2.45) is 0 Å². The molecule has 3 heterocycles. The van der Waals surface area contributed by atoms with E-state index in [0.717, 1.165) is 43.7 Å². The number of fused-ring (bicyclic) bond motifs is 2. The van der Waals surface area contributed by atoms with Gasteiger partial charge in [-0.1, -0.05) is 11.6 Å². The van der Waals surface area contributed by atoms with Crippen LogP contribution in [0.2, 0.25) is 5.15 Å². The molecule has 0 unspecified atom stereocenters. The molecule has 2 aromatic heterocycles. The van der Waals surface area contributed by atoms with Gasteiger partial charge in [-0.2, -0.15) is 5.10 Å². The number of rotatable bonds is 7. The van der Waals surface area contributed by atoms with E-state index in [-0.39, 0.29) is 5.91 Å². The Balaban J connectivity index is 1.75. The van der Waals surface area contributed by atoms with E-state index in [1.165, 1.54) is 5.56 Å². The van der Waals surface area contributed by atoms with Gasteiger partial charge < -0.3 is 20.3 Å². The number of methoxy groups -OCH3 is 1. The fourth-order valence-corrected chi connectivity index (χ4v) is 3.98. The first-order chi connectivity index (χ1) is 15.0. The Hall–Kier alpha value is -2.84. The Bertz CT molecular complexity index is 1110. The summed E-state index contributed by atoms with van der Waals surface area (Å²) in [6.07, 6.45) is 4.49. The maximum absolute atomic E-state index is 12.9. The number of anilines is 1. The SMILES string of the molecule is COc1cc2c(cc1-n1nc(C(=O)NCCCN(C)C)c3cnc(Cl)cc31)CCCN2. The number of carbonyl (C=O) groups excluding carboxylic acids is 1. The van der Waals surface area contributed by atoms with E-state index in [4.69, 9.17) is 16.3 Å². The lowest BCUT2D eigenvalue weighted by Crippen LogP contribution is -2.27. The van der Waals surface area contributed by atoms with Gasteiger partial charge in [0.25, 0.3) is 5.91 Å². The molecule has 1 aromatic carbocycles. The summed E-state index contributed by atoms with van der Waals surface area (Å²) in [5, 5.41) is 12.0. The van der Waals surface area contributed by atoms with Crippen molar-refractivity contribution in [3.8, 4) is 11.4 Å². The van der Waals surface area contributed by atoms with Crippen molar-refractivity contribution in [1.82, 2.24) is 25.0 Å². The van der Waals surface area contributed by atoms with Crippen molar-refractivity contribution in [1.29, 1.82) is 0 Å². The molecule has 0 atom stereocenters. The lowest BCUT2D eigenvalue weighted by atomic mass is 10.0. The zero-order chi connectivity index (χ0) is 22.0. The predicted molar refractivity (Wildman–Crippen MR) is 123 cm³/mol. The van der Waals surface area contributed by atoms with E-state index >= 15 is 0 Å². The molecule has 8 nitrogen and oxygen atoms in total. The number of hydrogen-bond donors (Lipinski definition) is 2. The van der Waals surface area contributed by atoms with Crippen molar-refractivity contribution in [3.05, 3.63) is 40.8 Å². The Morgan fingerprint density at radius 1 is 1.35 bits per heavy atom. The summed E-state index contributed by atoms with van der Waals surface area (Å²) in [5.74, 6) is 0.439. The van der Waals surface area contributed by atoms with E-state index in [9.17, 15) is 4.79 Å². The van der Waals surface area contributed by atoms with Crippen molar-refractivity contribution in [2.75, 3.05) is 46.2 Å². The average molecular weight is 443 g/mol. The Labute approximate surface area is 186 Å². The number of pyridine rings is 1. The lowest BCUT2D eigenvalue weighted by Gasteiger charge is -2.21. The molecular formula is C22H27ClN6O2. The van der Waals surface area contributed by atoms with Crippen LogP contribution in [0.25, 0.3) is 16.6 Å². The number of aromatic nitrogens is 3. The van der Waals surface area contributed by atoms with Crippen LogP contribution in [0, 0.1) is 0 Å². The lowest BCUT2D eigenvalue weighted by molar-refractivity contribution is 0.0948. The summed E-state index contributed by atoms with van der Waals surface area (Å²) in [6.45, 7) is 2.41. The normalized spacial score (nSPS) is 13.2. The average Bonchev–Trinajstić information content (AvgIpc) is 3.14. The van der Waals surface area contributed by atoms with Crippen LogP contribution in [-0.4, -0.2) is 66.4 Å². The molecule has 4 rings (SSSR count). The molecule has 164 valence electrons. The van der Waals surface area contributed by atoms with E-state index in [1.54, 1.807) is 24.1 Å². The molecule has 3 aromatic rings. The van der Waals surface area contributed by atoms with Crippen LogP contribution in [0.3, 0.4) is 0 Å². The molecule has 1 aliphatic rings. The standard InChI is InChI=1S/C22H27ClN6O2/c1-28(2)9-5-8-25-22(30)21-15-13-26-20(23)12-17(15)29(27-21)18-10-14-6-4-7-24-16(14)11-19(18)31-3/h10-13,24H,4-9H2,1-3H3,(H,25,30). The van der Waals surface area contributed by atoms with Gasteiger partial charge in [-0.25, -0.2) is 9.67 Å². The smallest absolute Gasteiger partial charge is 0.272 e. The van der Waals surface area contributed by atoms with Crippen LogP contribution in [0.1, 0.15) is 28.9 Å². The molecule has 0 saturated carbocycles. The van der Waals surface area contributed by atoms with Gasteiger partial charge in [0.05, 0.1) is 18.0 Å². The third kappa shape index (κ3) is 4.45. The summed E-state index contributed by atoms with van der Waals surface area (Å²) in [6, 6.07) is 5.78. The molecule has 0 spiro atoms. The van der Waals surface area contributed by atoms with Crippen LogP contribution >= 0.6 is 11.6 Å². The Morgan fingerprint density at radius 2 is 2.19 bits per heavy atom.